The summed E-state index contributed by atoms with van der Waals surface area (Å²) in [5.74, 6) is -1.85. The maximum atomic E-state index is 12.5. The second kappa shape index (κ2) is 32.0. The lowest BCUT2D eigenvalue weighted by molar-refractivity contribution is -0.889. The summed E-state index contributed by atoms with van der Waals surface area (Å²) in [7, 11) is 5.36. The number of carboxylic acids is 1. The topological polar surface area (TPSA) is 102 Å². The zero-order valence-electron chi connectivity index (χ0n) is 31.3. The van der Waals surface area contributed by atoms with Crippen LogP contribution in [0.1, 0.15) is 117 Å². The molecule has 0 heterocycles. The number of aliphatic carboxylic acids is 1. The van der Waals surface area contributed by atoms with Crippen LogP contribution in [-0.2, 0) is 28.6 Å². The molecule has 0 aliphatic heterocycles. The van der Waals surface area contributed by atoms with Gasteiger partial charge in [0.1, 0.15) is 12.6 Å². The number of unbranched alkanes of at least 4 members (excludes halogenated alkanes) is 9. The minimum absolute atomic E-state index is 0.0120. The zero-order chi connectivity index (χ0) is 36.4. The van der Waals surface area contributed by atoms with Gasteiger partial charge in [0.25, 0.3) is 0 Å². The minimum atomic E-state index is -1.14. The molecule has 278 valence electrons. The Morgan fingerprint density at radius 3 is 1.82 bits per heavy atom. The predicted molar refractivity (Wildman–Crippen MR) is 199 cm³/mol. The average molecular weight is 686 g/mol. The molecule has 2 atom stereocenters. The molecule has 8 nitrogen and oxygen atoms in total. The highest BCUT2D eigenvalue weighted by Crippen LogP contribution is 2.11. The maximum Gasteiger partial charge on any atom is 0.306 e. The molecule has 0 saturated carbocycles. The first-order valence-corrected chi connectivity index (χ1v) is 18.5. The molecule has 49 heavy (non-hydrogen) atoms. The van der Waals surface area contributed by atoms with E-state index in [1.807, 2.05) is 42.5 Å². The lowest BCUT2D eigenvalue weighted by Crippen LogP contribution is -2.55. The van der Waals surface area contributed by atoms with Gasteiger partial charge in [-0.25, -0.2) is 0 Å². The summed E-state index contributed by atoms with van der Waals surface area (Å²) < 4.78 is 16.9. The first-order chi connectivity index (χ1) is 23.6. The van der Waals surface area contributed by atoms with Crippen molar-refractivity contribution in [1.29, 1.82) is 0 Å². The van der Waals surface area contributed by atoms with Gasteiger partial charge in [-0.1, -0.05) is 125 Å². The molecule has 0 radical (unpaired) electrons. The molecule has 0 aromatic rings. The maximum absolute atomic E-state index is 12.5. The largest absolute Gasteiger partial charge is 0.544 e. The molecule has 0 aromatic heterocycles. The summed E-state index contributed by atoms with van der Waals surface area (Å²) in [6.45, 7) is 4.40. The van der Waals surface area contributed by atoms with E-state index in [1.165, 1.54) is 19.3 Å². The van der Waals surface area contributed by atoms with Crippen molar-refractivity contribution < 1.29 is 38.2 Å². The number of carbonyl (C=O) groups is 3. The van der Waals surface area contributed by atoms with Crippen molar-refractivity contribution in [2.24, 2.45) is 0 Å². The summed E-state index contributed by atoms with van der Waals surface area (Å²) >= 11 is 0. The number of hydrogen-bond donors (Lipinski definition) is 0. The number of ether oxygens (including phenoxy) is 3. The standard InChI is InChI=1S/C41H67NO7/c1-6-8-10-12-14-15-16-17-18-19-20-21-22-23-24-26-27-29-31-39(43)48-36-37(35-47-34-33-38(41(45)46)42(3,4)5)49-40(44)32-30-28-25-13-11-9-7-2/h10,12,14-21,25,28,37-38H,6-9,11,13,22-24,26-27,29-36H2,1-5H3/b12-10+,15-14+,17-16+,19-18+,21-20+,28-25+. The fourth-order valence-electron chi connectivity index (χ4n) is 4.76. The van der Waals surface area contributed by atoms with Crippen LogP contribution in [0.4, 0.5) is 0 Å². The van der Waals surface area contributed by atoms with Crippen LogP contribution in [-0.4, -0.2) is 75.5 Å². The Bertz CT molecular complexity index is 1030. The van der Waals surface area contributed by atoms with E-state index in [9.17, 15) is 19.5 Å². The van der Waals surface area contributed by atoms with Gasteiger partial charge in [-0.15, -0.1) is 0 Å². The normalized spacial score (nSPS) is 13.9. The molecule has 0 rings (SSSR count). The van der Waals surface area contributed by atoms with Gasteiger partial charge in [-0.05, 0) is 44.9 Å². The third kappa shape index (κ3) is 30.6. The SMILES string of the molecule is CCC/C=C/C=C/C=C/C=C/C=C/CCCCCCCC(=O)OCC(COCCC(C(=O)[O-])[N+](C)(C)C)OC(=O)CC/C=C/CCCCC. The summed E-state index contributed by atoms with van der Waals surface area (Å²) in [5.41, 5.74) is 0. The Hall–Kier alpha value is -3.23. The Kier molecular flexibility index (Phi) is 29.9. The van der Waals surface area contributed by atoms with Crippen LogP contribution in [0.15, 0.2) is 72.9 Å². The number of carbonyl (C=O) groups excluding carboxylic acids is 3. The van der Waals surface area contributed by atoms with E-state index >= 15 is 0 Å². The van der Waals surface area contributed by atoms with E-state index in [2.05, 4.69) is 44.2 Å². The molecule has 0 N–H and O–H groups in total. The number of allylic oxidation sites excluding steroid dienone is 12. The van der Waals surface area contributed by atoms with Crippen molar-refractivity contribution in [3.05, 3.63) is 72.9 Å². The smallest absolute Gasteiger partial charge is 0.306 e. The molecule has 0 aliphatic carbocycles. The highest BCUT2D eigenvalue weighted by atomic mass is 16.6. The van der Waals surface area contributed by atoms with Crippen LogP contribution < -0.4 is 5.11 Å². The average Bonchev–Trinajstić information content (AvgIpc) is 3.05. The van der Waals surface area contributed by atoms with Crippen molar-refractivity contribution in [1.82, 2.24) is 0 Å². The summed E-state index contributed by atoms with van der Waals surface area (Å²) in [6.07, 6.45) is 38.1. The third-order valence-electron chi connectivity index (χ3n) is 7.69. The Labute approximate surface area is 298 Å². The Balaban J connectivity index is 4.43. The van der Waals surface area contributed by atoms with E-state index in [0.717, 1.165) is 57.8 Å². The number of rotatable bonds is 31. The van der Waals surface area contributed by atoms with Crippen LogP contribution in [0.25, 0.3) is 0 Å². The van der Waals surface area contributed by atoms with Gasteiger partial charge in [-0.3, -0.25) is 9.59 Å². The molecule has 8 heteroatoms. The summed E-state index contributed by atoms with van der Waals surface area (Å²) in [6, 6.07) is -0.736. The molecule has 0 amide bonds. The lowest BCUT2D eigenvalue weighted by Gasteiger charge is -2.34. The van der Waals surface area contributed by atoms with E-state index in [-0.39, 0.29) is 49.1 Å². The van der Waals surface area contributed by atoms with Gasteiger partial charge in [0.05, 0.1) is 40.3 Å². The molecule has 0 bridgehead atoms. The van der Waals surface area contributed by atoms with Crippen LogP contribution in [0, 0.1) is 0 Å². The van der Waals surface area contributed by atoms with Gasteiger partial charge in [0, 0.05) is 19.3 Å². The molecule has 0 aromatic carbocycles. The Morgan fingerprint density at radius 2 is 1.18 bits per heavy atom. The predicted octanol–water partition coefficient (Wildman–Crippen LogP) is 7.90. The number of likely N-dealkylation sites (N-methyl/N-ethyl adjacent to an activating group) is 1. The second-order valence-corrected chi connectivity index (χ2v) is 13.2. The van der Waals surface area contributed by atoms with E-state index in [1.54, 1.807) is 21.1 Å². The van der Waals surface area contributed by atoms with Crippen molar-refractivity contribution in [2.45, 2.75) is 129 Å². The lowest BCUT2D eigenvalue weighted by atomic mass is 10.1. The van der Waals surface area contributed by atoms with Crippen molar-refractivity contribution in [3.63, 3.8) is 0 Å². The quantitative estimate of drug-likeness (QED) is 0.0240. The molecule has 0 saturated heterocycles. The summed E-state index contributed by atoms with van der Waals surface area (Å²) in [4.78, 5) is 36.4. The second-order valence-electron chi connectivity index (χ2n) is 13.2. The summed E-state index contributed by atoms with van der Waals surface area (Å²) in [5, 5.41) is 11.5. The van der Waals surface area contributed by atoms with Gasteiger partial charge < -0.3 is 28.6 Å². The first-order valence-electron chi connectivity index (χ1n) is 18.5. The third-order valence-corrected chi connectivity index (χ3v) is 7.69. The first kappa shape index (κ1) is 45.8. The minimum Gasteiger partial charge on any atom is -0.544 e. The van der Waals surface area contributed by atoms with E-state index in [0.29, 0.717) is 12.8 Å². The fraction of sp³-hybridized carbons (Fsp3) is 0.634. The number of hydrogen-bond acceptors (Lipinski definition) is 7. The van der Waals surface area contributed by atoms with Crippen molar-refractivity contribution >= 4 is 17.9 Å². The number of carboxylic acid groups (broad SMARTS) is 1. The highest BCUT2D eigenvalue weighted by molar-refractivity contribution is 5.70. The molecular weight excluding hydrogens is 618 g/mol. The number of quaternary nitrogens is 1. The van der Waals surface area contributed by atoms with Crippen molar-refractivity contribution in [2.75, 3.05) is 41.0 Å². The van der Waals surface area contributed by atoms with Gasteiger partial charge in [0.15, 0.2) is 6.10 Å². The van der Waals surface area contributed by atoms with Crippen molar-refractivity contribution in [3.8, 4) is 0 Å². The number of nitrogens with zero attached hydrogens (tertiary/aromatic N) is 1. The number of esters is 2. The molecule has 0 fully saturated rings. The Morgan fingerprint density at radius 1 is 0.612 bits per heavy atom. The molecule has 0 aliphatic rings. The molecule has 0 spiro atoms. The zero-order valence-corrected chi connectivity index (χ0v) is 31.3. The highest BCUT2D eigenvalue weighted by Gasteiger charge is 2.25. The monoisotopic (exact) mass is 685 g/mol. The fourth-order valence-corrected chi connectivity index (χ4v) is 4.76. The van der Waals surface area contributed by atoms with E-state index < -0.39 is 18.1 Å². The molecule has 2 unspecified atom stereocenters. The van der Waals surface area contributed by atoms with Crippen LogP contribution >= 0.6 is 0 Å². The van der Waals surface area contributed by atoms with Crippen LogP contribution in [0.3, 0.4) is 0 Å². The van der Waals surface area contributed by atoms with Gasteiger partial charge in [-0.2, -0.15) is 0 Å². The van der Waals surface area contributed by atoms with Gasteiger partial charge in [0.2, 0.25) is 0 Å². The van der Waals surface area contributed by atoms with Crippen LogP contribution in [0.2, 0.25) is 0 Å². The van der Waals surface area contributed by atoms with E-state index in [4.69, 9.17) is 14.2 Å². The van der Waals surface area contributed by atoms with Gasteiger partial charge >= 0.3 is 11.9 Å². The molecular formula is C41H67NO7. The van der Waals surface area contributed by atoms with Crippen LogP contribution in [0.5, 0.6) is 0 Å².